The summed E-state index contributed by atoms with van der Waals surface area (Å²) in [6.07, 6.45) is 2.39. The van der Waals surface area contributed by atoms with Crippen molar-refractivity contribution in [3.8, 4) is 0 Å². The Hall–Kier alpha value is -2.57. The number of fused-ring (bicyclic) bond motifs is 5. The van der Waals surface area contributed by atoms with E-state index in [-0.39, 0.29) is 0 Å². The molecule has 2 aliphatic rings. The number of aliphatic carboxylic acids is 2. The maximum absolute atomic E-state index is 9.55. The standard InChI is InChI=1S/C18H19NS.C4H4O4/c1-19-11-10-13-14-6-2-4-8-17(14)20-18-9-5-3-7-15(18)16(13)12-19;5-3(6)1-2-4(7)8/h2-9,13,16H,10-12H2,1H3;1-2H,(H,5,6)(H,7,8)/b;2-1-/t13-,16+;/m1./s1. The quantitative estimate of drug-likeness (QED) is 0.744. The largest absolute Gasteiger partial charge is 0.478 e. The summed E-state index contributed by atoms with van der Waals surface area (Å²) in [5.41, 5.74) is 3.11. The minimum atomic E-state index is -1.26. The molecule has 2 aromatic carbocycles. The van der Waals surface area contributed by atoms with E-state index in [1.165, 1.54) is 29.3 Å². The molecule has 6 heteroatoms. The molecule has 2 aliphatic heterocycles. The minimum absolute atomic E-state index is 0.558. The van der Waals surface area contributed by atoms with E-state index in [1.807, 2.05) is 11.8 Å². The maximum Gasteiger partial charge on any atom is 0.328 e. The number of benzene rings is 2. The van der Waals surface area contributed by atoms with Gasteiger partial charge in [-0.15, -0.1) is 0 Å². The molecule has 2 atom stereocenters. The Bertz CT molecular complexity index is 880. The van der Waals surface area contributed by atoms with E-state index in [4.69, 9.17) is 10.2 Å². The van der Waals surface area contributed by atoms with Gasteiger partial charge in [-0.3, -0.25) is 0 Å². The Labute approximate surface area is 168 Å². The monoisotopic (exact) mass is 397 g/mol. The number of hydrogen-bond donors (Lipinski definition) is 2. The number of piperidine rings is 1. The zero-order valence-corrected chi connectivity index (χ0v) is 16.4. The van der Waals surface area contributed by atoms with Crippen LogP contribution in [0, 0.1) is 0 Å². The molecule has 2 heterocycles. The van der Waals surface area contributed by atoms with Crippen LogP contribution >= 0.6 is 11.8 Å². The van der Waals surface area contributed by atoms with Gasteiger partial charge in [0.2, 0.25) is 0 Å². The van der Waals surface area contributed by atoms with Crippen molar-refractivity contribution in [2.24, 2.45) is 0 Å². The van der Waals surface area contributed by atoms with E-state index in [0.717, 1.165) is 0 Å². The number of hydrogen-bond acceptors (Lipinski definition) is 4. The molecule has 0 spiro atoms. The van der Waals surface area contributed by atoms with Crippen molar-refractivity contribution in [2.45, 2.75) is 28.0 Å². The molecule has 1 saturated heterocycles. The first-order valence-corrected chi connectivity index (χ1v) is 9.95. The molecule has 28 heavy (non-hydrogen) atoms. The highest BCUT2D eigenvalue weighted by Crippen LogP contribution is 2.50. The Morgan fingerprint density at radius 2 is 1.43 bits per heavy atom. The highest BCUT2D eigenvalue weighted by atomic mass is 32.2. The smallest absolute Gasteiger partial charge is 0.328 e. The molecular formula is C22H23NO4S. The van der Waals surface area contributed by atoms with Crippen LogP contribution in [0.25, 0.3) is 0 Å². The van der Waals surface area contributed by atoms with Gasteiger partial charge in [0.15, 0.2) is 0 Å². The summed E-state index contributed by atoms with van der Waals surface area (Å²) in [7, 11) is 2.25. The maximum atomic E-state index is 9.55. The fraction of sp³-hybridized carbons (Fsp3) is 0.273. The Balaban J connectivity index is 0.000000242. The summed E-state index contributed by atoms with van der Waals surface area (Å²) in [6, 6.07) is 18.0. The van der Waals surface area contributed by atoms with E-state index in [2.05, 4.69) is 60.5 Å². The molecule has 2 N–H and O–H groups in total. The Kier molecular flexibility index (Phi) is 6.54. The average Bonchev–Trinajstić information content (AvgIpc) is 2.81. The van der Waals surface area contributed by atoms with Crippen LogP contribution in [0.3, 0.4) is 0 Å². The van der Waals surface area contributed by atoms with Gasteiger partial charge < -0.3 is 15.1 Å². The first-order valence-electron chi connectivity index (χ1n) is 9.14. The van der Waals surface area contributed by atoms with Gasteiger partial charge in [0.05, 0.1) is 0 Å². The normalized spacial score (nSPS) is 20.8. The summed E-state index contributed by atoms with van der Waals surface area (Å²) < 4.78 is 0. The van der Waals surface area contributed by atoms with Crippen LogP contribution in [0.5, 0.6) is 0 Å². The summed E-state index contributed by atoms with van der Waals surface area (Å²) in [5, 5.41) is 15.6. The predicted octanol–water partition coefficient (Wildman–Crippen LogP) is 4.07. The lowest BCUT2D eigenvalue weighted by atomic mass is 9.77. The lowest BCUT2D eigenvalue weighted by Gasteiger charge is -2.37. The van der Waals surface area contributed by atoms with Crippen molar-refractivity contribution in [1.82, 2.24) is 4.90 Å². The Morgan fingerprint density at radius 3 is 1.96 bits per heavy atom. The molecular weight excluding hydrogens is 374 g/mol. The van der Waals surface area contributed by atoms with Gasteiger partial charge in [0, 0.05) is 34.4 Å². The fourth-order valence-electron chi connectivity index (χ4n) is 3.82. The van der Waals surface area contributed by atoms with Crippen molar-refractivity contribution >= 4 is 23.7 Å². The van der Waals surface area contributed by atoms with Crippen LogP contribution in [0.1, 0.15) is 29.4 Å². The molecule has 4 rings (SSSR count). The lowest BCUT2D eigenvalue weighted by Crippen LogP contribution is -2.35. The molecule has 2 aromatic rings. The van der Waals surface area contributed by atoms with Crippen molar-refractivity contribution < 1.29 is 19.8 Å². The summed E-state index contributed by atoms with van der Waals surface area (Å²) >= 11 is 1.95. The van der Waals surface area contributed by atoms with E-state index in [9.17, 15) is 9.59 Å². The van der Waals surface area contributed by atoms with Crippen LogP contribution in [0.2, 0.25) is 0 Å². The molecule has 0 aliphatic carbocycles. The van der Waals surface area contributed by atoms with E-state index in [0.29, 0.717) is 24.0 Å². The van der Waals surface area contributed by atoms with Crippen LogP contribution in [0.15, 0.2) is 70.5 Å². The number of rotatable bonds is 2. The van der Waals surface area contributed by atoms with Gasteiger partial charge >= 0.3 is 11.9 Å². The summed E-state index contributed by atoms with van der Waals surface area (Å²) in [5.74, 6) is -1.19. The van der Waals surface area contributed by atoms with Gasteiger partial charge in [-0.25, -0.2) is 9.59 Å². The molecule has 0 bridgehead atoms. The van der Waals surface area contributed by atoms with Crippen LogP contribution < -0.4 is 0 Å². The molecule has 146 valence electrons. The SMILES string of the molecule is CN1CC[C@@H]2c3ccccc3Sc3ccccc3[C@H]2C1.O=C(O)/C=C\C(=O)O. The van der Waals surface area contributed by atoms with Gasteiger partial charge in [0.1, 0.15) is 0 Å². The Morgan fingerprint density at radius 1 is 0.929 bits per heavy atom. The molecule has 0 aromatic heterocycles. The predicted molar refractivity (Wildman–Crippen MR) is 109 cm³/mol. The molecule has 0 radical (unpaired) electrons. The first-order chi connectivity index (χ1) is 13.5. The number of carboxylic acid groups (broad SMARTS) is 2. The van der Waals surface area contributed by atoms with Crippen molar-refractivity contribution in [3.05, 3.63) is 71.8 Å². The number of likely N-dealkylation sites (tertiary alicyclic amines) is 1. The third-order valence-electron chi connectivity index (χ3n) is 5.04. The van der Waals surface area contributed by atoms with E-state index in [1.54, 1.807) is 11.1 Å². The molecule has 0 amide bonds. The third-order valence-corrected chi connectivity index (χ3v) is 6.22. The van der Waals surface area contributed by atoms with E-state index >= 15 is 0 Å². The third kappa shape index (κ3) is 4.82. The number of carbonyl (C=O) groups is 2. The molecule has 0 unspecified atom stereocenters. The van der Waals surface area contributed by atoms with Crippen molar-refractivity contribution in [1.29, 1.82) is 0 Å². The van der Waals surface area contributed by atoms with Gasteiger partial charge in [-0.05, 0) is 49.2 Å². The minimum Gasteiger partial charge on any atom is -0.478 e. The second-order valence-corrected chi connectivity index (χ2v) is 8.04. The van der Waals surface area contributed by atoms with E-state index < -0.39 is 11.9 Å². The number of nitrogens with zero attached hydrogens (tertiary/aromatic N) is 1. The number of likely N-dealkylation sites (N-methyl/N-ethyl adjacent to an activating group) is 1. The topological polar surface area (TPSA) is 77.8 Å². The second-order valence-electron chi connectivity index (χ2n) is 6.95. The summed E-state index contributed by atoms with van der Waals surface area (Å²) in [4.78, 5) is 24.5. The number of carboxylic acids is 2. The highest BCUT2D eigenvalue weighted by molar-refractivity contribution is 7.99. The van der Waals surface area contributed by atoms with Gasteiger partial charge in [-0.1, -0.05) is 48.2 Å². The lowest BCUT2D eigenvalue weighted by molar-refractivity contribution is -0.134. The van der Waals surface area contributed by atoms with Crippen LogP contribution in [0.4, 0.5) is 0 Å². The fourth-order valence-corrected chi connectivity index (χ4v) is 5.03. The second kappa shape index (κ2) is 9.08. The van der Waals surface area contributed by atoms with Gasteiger partial charge in [0.25, 0.3) is 0 Å². The zero-order chi connectivity index (χ0) is 20.1. The highest BCUT2D eigenvalue weighted by Gasteiger charge is 2.34. The molecule has 5 nitrogen and oxygen atoms in total. The summed E-state index contributed by atoms with van der Waals surface area (Å²) in [6.45, 7) is 2.39. The first kappa shape index (κ1) is 20.2. The van der Waals surface area contributed by atoms with Crippen molar-refractivity contribution in [2.75, 3.05) is 20.1 Å². The van der Waals surface area contributed by atoms with Crippen LogP contribution in [-0.2, 0) is 9.59 Å². The van der Waals surface area contributed by atoms with Crippen molar-refractivity contribution in [3.63, 3.8) is 0 Å². The molecule has 0 saturated carbocycles. The zero-order valence-electron chi connectivity index (χ0n) is 15.6. The van der Waals surface area contributed by atoms with Crippen LogP contribution in [-0.4, -0.2) is 47.2 Å². The average molecular weight is 397 g/mol. The molecule has 1 fully saturated rings. The van der Waals surface area contributed by atoms with Gasteiger partial charge in [-0.2, -0.15) is 0 Å².